The topological polar surface area (TPSA) is 26.0 Å². The van der Waals surface area contributed by atoms with E-state index in [2.05, 4.69) is 58.3 Å². The summed E-state index contributed by atoms with van der Waals surface area (Å²) < 4.78 is 0.858. The van der Waals surface area contributed by atoms with Crippen LogP contribution in [-0.4, -0.2) is 25.1 Å². The molecule has 1 atom stereocenters. The van der Waals surface area contributed by atoms with Crippen LogP contribution in [0, 0.1) is 0 Å². The molecule has 1 unspecified atom stereocenters. The average Bonchev–Trinajstić information content (AvgIpc) is 2.39. The van der Waals surface area contributed by atoms with Gasteiger partial charge in [-0.3, -0.25) is 5.73 Å². The fourth-order valence-electron chi connectivity index (χ4n) is 2.93. The largest absolute Gasteiger partial charge is 0.307 e. The second kappa shape index (κ2) is 7.06. The third-order valence-electron chi connectivity index (χ3n) is 4.30. The third-order valence-corrected chi connectivity index (χ3v) is 4.30. The van der Waals surface area contributed by atoms with Crippen molar-refractivity contribution in [2.24, 2.45) is 5.73 Å². The Hall–Kier alpha value is -0.860. The van der Waals surface area contributed by atoms with Gasteiger partial charge in [0.15, 0.2) is 5.66 Å². The maximum absolute atomic E-state index is 6.90. The molecule has 0 saturated heterocycles. The van der Waals surface area contributed by atoms with Crippen LogP contribution in [0.25, 0.3) is 0 Å². The molecule has 1 rings (SSSR count). The van der Waals surface area contributed by atoms with Gasteiger partial charge in [-0.05, 0) is 12.8 Å². The van der Waals surface area contributed by atoms with Gasteiger partial charge in [0.2, 0.25) is 0 Å². The van der Waals surface area contributed by atoms with Crippen molar-refractivity contribution < 1.29 is 4.48 Å². The van der Waals surface area contributed by atoms with Gasteiger partial charge in [0.05, 0.1) is 20.6 Å². The Bertz CT molecular complexity index is 359. The van der Waals surface area contributed by atoms with Crippen molar-refractivity contribution in [2.45, 2.75) is 51.6 Å². The van der Waals surface area contributed by atoms with Gasteiger partial charge >= 0.3 is 0 Å². The molecule has 19 heavy (non-hydrogen) atoms. The van der Waals surface area contributed by atoms with E-state index in [0.717, 1.165) is 23.9 Å². The van der Waals surface area contributed by atoms with Crippen LogP contribution in [0.2, 0.25) is 0 Å². The molecule has 1 aromatic rings. The fraction of sp³-hybridized carbons (Fsp3) is 0.647. The number of nitrogens with two attached hydrogens (primary N) is 1. The molecule has 0 aliphatic rings. The van der Waals surface area contributed by atoms with E-state index in [4.69, 9.17) is 5.73 Å². The Morgan fingerprint density at radius 3 is 2.16 bits per heavy atom. The lowest BCUT2D eigenvalue weighted by atomic mass is 9.90. The maximum Gasteiger partial charge on any atom is 0.176 e. The zero-order chi connectivity index (χ0) is 14.4. The molecule has 0 heterocycles. The highest BCUT2D eigenvalue weighted by Crippen LogP contribution is 2.33. The number of unbranched alkanes of at least 4 members (excludes halogenated alkanes) is 2. The molecule has 2 heteroatoms. The van der Waals surface area contributed by atoms with Gasteiger partial charge in [-0.15, -0.1) is 0 Å². The summed E-state index contributed by atoms with van der Waals surface area (Å²) in [6.07, 6.45) is 5.92. The molecule has 0 radical (unpaired) electrons. The molecule has 0 aliphatic carbocycles. The minimum absolute atomic E-state index is 0.271. The van der Waals surface area contributed by atoms with Crippen LogP contribution in [0.5, 0.6) is 0 Å². The van der Waals surface area contributed by atoms with E-state index in [-0.39, 0.29) is 5.66 Å². The summed E-state index contributed by atoms with van der Waals surface area (Å²) in [6, 6.07) is 10.6. The first kappa shape index (κ1) is 16.2. The first-order valence-corrected chi connectivity index (χ1v) is 7.65. The van der Waals surface area contributed by atoms with E-state index in [1.54, 1.807) is 0 Å². The maximum atomic E-state index is 6.90. The van der Waals surface area contributed by atoms with Crippen LogP contribution >= 0.6 is 0 Å². The lowest BCUT2D eigenvalue weighted by molar-refractivity contribution is -0.950. The van der Waals surface area contributed by atoms with Gasteiger partial charge in [-0.2, -0.15) is 0 Å². The van der Waals surface area contributed by atoms with Crippen molar-refractivity contribution in [3.8, 4) is 0 Å². The van der Waals surface area contributed by atoms with E-state index >= 15 is 0 Å². The van der Waals surface area contributed by atoms with E-state index in [9.17, 15) is 0 Å². The van der Waals surface area contributed by atoms with Crippen molar-refractivity contribution >= 4 is 0 Å². The summed E-state index contributed by atoms with van der Waals surface area (Å²) in [7, 11) is 4.53. The average molecular weight is 263 g/mol. The number of quaternary nitrogens is 1. The van der Waals surface area contributed by atoms with Gasteiger partial charge in [-0.25, -0.2) is 0 Å². The Morgan fingerprint density at radius 2 is 1.63 bits per heavy atom. The van der Waals surface area contributed by atoms with Crippen molar-refractivity contribution in [3.05, 3.63) is 35.9 Å². The van der Waals surface area contributed by atoms with Gasteiger partial charge in [0.1, 0.15) is 0 Å². The van der Waals surface area contributed by atoms with Crippen molar-refractivity contribution in [3.63, 3.8) is 0 Å². The number of benzene rings is 1. The summed E-state index contributed by atoms with van der Waals surface area (Å²) >= 11 is 0. The summed E-state index contributed by atoms with van der Waals surface area (Å²) in [4.78, 5) is 0. The zero-order valence-corrected chi connectivity index (χ0v) is 13.2. The summed E-state index contributed by atoms with van der Waals surface area (Å²) in [5.74, 6) is 0. The van der Waals surface area contributed by atoms with Gasteiger partial charge in [-0.1, -0.05) is 57.0 Å². The molecule has 2 N–H and O–H groups in total. The summed E-state index contributed by atoms with van der Waals surface area (Å²) in [5, 5.41) is 0. The van der Waals surface area contributed by atoms with Crippen molar-refractivity contribution in [1.82, 2.24) is 0 Å². The monoisotopic (exact) mass is 263 g/mol. The predicted octanol–water partition coefficient (Wildman–Crippen LogP) is 3.86. The zero-order valence-electron chi connectivity index (χ0n) is 13.2. The van der Waals surface area contributed by atoms with Crippen LogP contribution < -0.4 is 5.73 Å². The van der Waals surface area contributed by atoms with Crippen molar-refractivity contribution in [1.29, 1.82) is 0 Å². The molecule has 108 valence electrons. The fourth-order valence-corrected chi connectivity index (χ4v) is 2.93. The lowest BCUT2D eigenvalue weighted by Gasteiger charge is -2.46. The Labute approximate surface area is 119 Å². The smallest absolute Gasteiger partial charge is 0.176 e. The summed E-state index contributed by atoms with van der Waals surface area (Å²) in [5.41, 5.74) is 7.89. The highest BCUT2D eigenvalue weighted by molar-refractivity contribution is 5.21. The minimum Gasteiger partial charge on any atom is -0.307 e. The predicted molar refractivity (Wildman–Crippen MR) is 83.7 cm³/mol. The van der Waals surface area contributed by atoms with Gasteiger partial charge in [0.25, 0.3) is 0 Å². The van der Waals surface area contributed by atoms with Crippen LogP contribution in [0.3, 0.4) is 0 Å². The number of hydrogen-bond donors (Lipinski definition) is 1. The highest BCUT2D eigenvalue weighted by Gasteiger charge is 2.42. The van der Waals surface area contributed by atoms with Crippen LogP contribution in [0.15, 0.2) is 30.3 Å². The molecule has 1 aromatic carbocycles. The number of nitrogens with zero attached hydrogens (tertiary/aromatic N) is 1. The normalized spacial score (nSPS) is 15.2. The first-order chi connectivity index (χ1) is 8.98. The molecule has 0 amide bonds. The Balaban J connectivity index is 3.03. The number of rotatable bonds is 8. The van der Waals surface area contributed by atoms with E-state index in [1.807, 2.05) is 0 Å². The van der Waals surface area contributed by atoms with E-state index in [1.165, 1.54) is 24.8 Å². The van der Waals surface area contributed by atoms with Crippen molar-refractivity contribution in [2.75, 3.05) is 20.6 Å². The van der Waals surface area contributed by atoms with E-state index < -0.39 is 0 Å². The van der Waals surface area contributed by atoms with E-state index in [0.29, 0.717) is 0 Å². The van der Waals surface area contributed by atoms with Gasteiger partial charge in [0, 0.05) is 12.0 Å². The molecule has 2 nitrogen and oxygen atoms in total. The molecule has 0 aliphatic heterocycles. The van der Waals surface area contributed by atoms with Crippen LogP contribution in [-0.2, 0) is 5.66 Å². The molecule has 0 bridgehead atoms. The second-order valence-electron chi connectivity index (χ2n) is 6.16. The first-order valence-electron chi connectivity index (χ1n) is 7.65. The Morgan fingerprint density at radius 1 is 1.00 bits per heavy atom. The SMILES string of the molecule is CCCCCC(N)(c1ccccc1)[N+](C)(C)CCC. The summed E-state index contributed by atoms with van der Waals surface area (Å²) in [6.45, 7) is 5.59. The molecule has 0 aromatic heterocycles. The van der Waals surface area contributed by atoms with Crippen LogP contribution in [0.4, 0.5) is 0 Å². The number of hydrogen-bond acceptors (Lipinski definition) is 1. The minimum atomic E-state index is -0.271. The Kier molecular flexibility index (Phi) is 6.02. The standard InChI is InChI=1S/C17H31N2/c1-5-7-11-14-17(18,19(3,4)15-6-2)16-12-9-8-10-13-16/h8-10,12-13H,5-7,11,14-15,18H2,1-4H3/q+1. The molecule has 0 fully saturated rings. The van der Waals surface area contributed by atoms with Gasteiger partial charge < -0.3 is 4.48 Å². The quantitative estimate of drug-likeness (QED) is 0.430. The molecule has 0 spiro atoms. The molecule has 0 saturated carbocycles. The molecular formula is C17H31N2+. The second-order valence-corrected chi connectivity index (χ2v) is 6.16. The molecular weight excluding hydrogens is 232 g/mol. The lowest BCUT2D eigenvalue weighted by Crippen LogP contribution is -2.63. The van der Waals surface area contributed by atoms with Crippen LogP contribution in [0.1, 0.15) is 51.5 Å². The highest BCUT2D eigenvalue weighted by atomic mass is 15.4. The third kappa shape index (κ3) is 3.80.